The highest BCUT2D eigenvalue weighted by molar-refractivity contribution is 6.05. The number of rotatable bonds is 10. The van der Waals surface area contributed by atoms with E-state index in [1.807, 2.05) is 24.3 Å². The lowest BCUT2D eigenvalue weighted by molar-refractivity contribution is -0.0265. The molecule has 2 fully saturated rings. The van der Waals surface area contributed by atoms with Gasteiger partial charge in [0.05, 0.1) is 37.8 Å². The summed E-state index contributed by atoms with van der Waals surface area (Å²) in [5, 5.41) is 10.8. The fourth-order valence-electron chi connectivity index (χ4n) is 7.69. The van der Waals surface area contributed by atoms with Gasteiger partial charge in [0.15, 0.2) is 30.3 Å². The molecule has 0 bridgehead atoms. The number of hydrogen-bond acceptors (Lipinski definition) is 9. The number of Topliss-reactive ketones (excluding diaryl/α,β-unsaturated/α-hetero) is 1. The zero-order valence-corrected chi connectivity index (χ0v) is 31.0. The minimum Gasteiger partial charge on any atom is -0.471 e. The van der Waals surface area contributed by atoms with Crippen LogP contribution >= 0.6 is 0 Å². The number of aromatic amines is 1. The number of fused-ring (bicyclic) bond motifs is 3. The fourth-order valence-corrected chi connectivity index (χ4v) is 7.69. The maximum atomic E-state index is 15.9. The van der Waals surface area contributed by atoms with Gasteiger partial charge in [-0.05, 0) is 53.8 Å². The van der Waals surface area contributed by atoms with E-state index < -0.39 is 42.9 Å². The Bertz CT molecular complexity index is 2800. The number of aromatic nitrogens is 4. The van der Waals surface area contributed by atoms with Crippen LogP contribution in [0.5, 0.6) is 5.88 Å². The monoisotopic (exact) mass is 796 g/mol. The molecule has 5 heterocycles. The average molecular weight is 797 g/mol. The number of aryl methyl sites for hydroxylation is 1. The molecule has 4 N–H and O–H groups in total. The highest BCUT2D eigenvalue weighted by Gasteiger charge is 2.46. The molecule has 1 aliphatic carbocycles. The fraction of sp³-hybridized carbons (Fsp3) is 0.262. The maximum absolute atomic E-state index is 15.9. The predicted molar refractivity (Wildman–Crippen MR) is 205 cm³/mol. The van der Waals surface area contributed by atoms with E-state index in [1.165, 1.54) is 40.9 Å². The molecule has 0 saturated carbocycles. The molecule has 0 amide bonds. The summed E-state index contributed by atoms with van der Waals surface area (Å²) in [5.74, 6) is -4.20. The molecule has 0 unspecified atom stereocenters. The number of aliphatic hydroxyl groups excluding tert-OH is 1. The number of anilines is 2. The number of aliphatic hydroxyl groups is 1. The number of ketones is 1. The van der Waals surface area contributed by atoms with Crippen molar-refractivity contribution in [3.05, 3.63) is 112 Å². The Balaban J connectivity index is 1.03. The van der Waals surface area contributed by atoms with E-state index in [0.29, 0.717) is 34.3 Å². The lowest BCUT2D eigenvalue weighted by Crippen LogP contribution is -2.59. The number of halogens is 5. The summed E-state index contributed by atoms with van der Waals surface area (Å²) in [7, 11) is 0. The van der Waals surface area contributed by atoms with E-state index >= 15 is 8.78 Å². The third kappa shape index (κ3) is 6.86. The molecule has 5 aromatic rings. The summed E-state index contributed by atoms with van der Waals surface area (Å²) in [4.78, 5) is 30.2. The Morgan fingerprint density at radius 1 is 0.983 bits per heavy atom. The first kappa shape index (κ1) is 37.2. The number of nitrogens with one attached hydrogen (secondary N) is 1. The minimum atomic E-state index is -2.97. The third-order valence-corrected chi connectivity index (χ3v) is 10.6. The molecular formula is C42H35F5N7O4+. The molecule has 0 atom stereocenters. The van der Waals surface area contributed by atoms with Crippen LogP contribution in [0.15, 0.2) is 77.5 Å². The predicted octanol–water partition coefficient (Wildman–Crippen LogP) is 6.59. The number of nitrogens with two attached hydrogens (primary N) is 1. The standard InChI is InChI=1S/C42H35F5N7O4/c1-41(45)17-53(18-41)31-13-34-27(11-29(31)43)36(28-12-30(44)32(14-35(28)58-34)54-19-42(46,47)20-54)26-10-24(7-8-25(26)15-55)33(56)9-6-22-2-4-23(5-3-22)16-57-39-37-38(50-21-49-37)51-40(48)52-39/h2-5,7-8,10-14,21,55H,6,9,15-20H2,1H3,(H3,48,49,50,51,52)/q+1. The van der Waals surface area contributed by atoms with Crippen LogP contribution in [-0.4, -0.2) is 68.6 Å². The largest absolute Gasteiger partial charge is 0.471 e. The van der Waals surface area contributed by atoms with Gasteiger partial charge in [-0.25, -0.2) is 27.1 Å². The van der Waals surface area contributed by atoms with Crippen LogP contribution in [0.25, 0.3) is 44.6 Å². The first-order valence-electron chi connectivity index (χ1n) is 18.5. The lowest BCUT2D eigenvalue weighted by Gasteiger charge is -2.40. The molecule has 11 nitrogen and oxygen atoms in total. The Labute approximate surface area is 326 Å². The number of hydrogen-bond donors (Lipinski definition) is 3. The molecule has 2 aromatic heterocycles. The summed E-state index contributed by atoms with van der Waals surface area (Å²) in [6, 6.07) is 17.4. The van der Waals surface area contributed by atoms with Gasteiger partial charge in [0.1, 0.15) is 29.3 Å². The molecule has 0 spiro atoms. The number of nitrogens with zero attached hydrogens (tertiary/aromatic N) is 5. The van der Waals surface area contributed by atoms with Crippen LogP contribution in [0.4, 0.5) is 33.6 Å². The van der Waals surface area contributed by atoms with Gasteiger partial charge in [0.2, 0.25) is 22.9 Å². The minimum absolute atomic E-state index is 0.0358. The van der Waals surface area contributed by atoms with Crippen molar-refractivity contribution >= 4 is 39.6 Å². The molecule has 2 saturated heterocycles. The Hall–Kier alpha value is -6.42. The van der Waals surface area contributed by atoms with Gasteiger partial charge in [-0.15, -0.1) is 0 Å². The van der Waals surface area contributed by atoms with Crippen molar-refractivity contribution in [1.82, 2.24) is 24.5 Å². The second kappa shape index (κ2) is 13.9. The molecule has 58 heavy (non-hydrogen) atoms. The highest BCUT2D eigenvalue weighted by Crippen LogP contribution is 2.44. The zero-order valence-electron chi connectivity index (χ0n) is 31.0. The number of carbonyl (C=O) groups is 1. The van der Waals surface area contributed by atoms with Gasteiger partial charge in [0, 0.05) is 34.6 Å². The van der Waals surface area contributed by atoms with Crippen LogP contribution in [0, 0.1) is 11.6 Å². The molecular weight excluding hydrogens is 761 g/mol. The van der Waals surface area contributed by atoms with Gasteiger partial charge in [-0.3, -0.25) is 4.79 Å². The van der Waals surface area contributed by atoms with Crippen molar-refractivity contribution in [3.8, 4) is 28.3 Å². The van der Waals surface area contributed by atoms with Crippen LogP contribution in [0.2, 0.25) is 0 Å². The van der Waals surface area contributed by atoms with E-state index in [2.05, 4.69) is 19.9 Å². The number of carbonyl (C=O) groups excluding carboxylic acids is 1. The van der Waals surface area contributed by atoms with Crippen molar-refractivity contribution in [2.75, 3.05) is 36.8 Å². The summed E-state index contributed by atoms with van der Waals surface area (Å²) in [6.07, 6.45) is 1.99. The molecule has 9 rings (SSSR count). The van der Waals surface area contributed by atoms with Crippen molar-refractivity contribution in [2.45, 2.75) is 44.6 Å². The molecule has 16 heteroatoms. The smallest absolute Gasteiger partial charge is 0.282 e. The van der Waals surface area contributed by atoms with Crippen LogP contribution in [0.3, 0.4) is 0 Å². The van der Waals surface area contributed by atoms with Gasteiger partial charge >= 0.3 is 0 Å². The molecule has 3 aromatic carbocycles. The average Bonchev–Trinajstić information content (AvgIpc) is 3.65. The van der Waals surface area contributed by atoms with E-state index in [4.69, 9.17) is 14.9 Å². The summed E-state index contributed by atoms with van der Waals surface area (Å²) in [5.41, 5.74) is 8.42. The van der Waals surface area contributed by atoms with Crippen LogP contribution in [0.1, 0.15) is 40.4 Å². The number of imidazole rings is 1. The van der Waals surface area contributed by atoms with Gasteiger partial charge in [0.25, 0.3) is 5.92 Å². The van der Waals surface area contributed by atoms with Crippen molar-refractivity contribution < 1.29 is 41.0 Å². The third-order valence-electron chi connectivity index (χ3n) is 10.6. The Kier molecular flexibility index (Phi) is 8.91. The summed E-state index contributed by atoms with van der Waals surface area (Å²) >= 11 is 0. The van der Waals surface area contributed by atoms with Crippen molar-refractivity contribution in [1.29, 1.82) is 0 Å². The Morgan fingerprint density at radius 2 is 1.74 bits per heavy atom. The number of alkyl halides is 3. The number of H-pyrrole nitrogens is 1. The van der Waals surface area contributed by atoms with Crippen LogP contribution < -0.4 is 25.3 Å². The number of benzene rings is 4. The number of ether oxygens (including phenoxy) is 1. The summed E-state index contributed by atoms with van der Waals surface area (Å²) in [6.45, 7) is -0.281. The van der Waals surface area contributed by atoms with Gasteiger partial charge in [-0.2, -0.15) is 14.4 Å². The van der Waals surface area contributed by atoms with Gasteiger partial charge in [-0.1, -0.05) is 36.4 Å². The second-order valence-electron chi connectivity index (χ2n) is 15.1. The quantitative estimate of drug-likeness (QED) is 0.0604. The molecule has 4 aliphatic rings. The van der Waals surface area contributed by atoms with Crippen molar-refractivity contribution in [2.24, 2.45) is 0 Å². The lowest BCUT2D eigenvalue weighted by atomic mass is 9.88. The maximum Gasteiger partial charge on any atom is 0.282 e. The van der Waals surface area contributed by atoms with E-state index in [0.717, 1.165) is 17.2 Å². The summed E-state index contributed by atoms with van der Waals surface area (Å²) < 4.78 is 87.4. The number of nitrogen functional groups attached to an aromatic ring is 1. The molecule has 0 radical (unpaired) electrons. The van der Waals surface area contributed by atoms with E-state index in [1.54, 1.807) is 18.2 Å². The topological polar surface area (TPSA) is 146 Å². The second-order valence-corrected chi connectivity index (χ2v) is 15.1. The molecule has 3 aliphatic heterocycles. The van der Waals surface area contributed by atoms with E-state index in [-0.39, 0.29) is 82.6 Å². The molecule has 296 valence electrons. The van der Waals surface area contributed by atoms with Crippen LogP contribution in [-0.2, 0) is 19.6 Å². The van der Waals surface area contributed by atoms with Crippen molar-refractivity contribution in [3.63, 3.8) is 0 Å². The first-order chi connectivity index (χ1) is 27.7. The SMILES string of the molecule is CC1(F)C[N+](=c2cc3oc4cc(N5CC(F)(F)C5)c(F)cc4c(-c4cc(C(=O)CCc5ccc(COc6nc(N)nc7nc[nH]c67)cc5)ccc4CO)c-3cc2F)C1. The van der Waals surface area contributed by atoms with Gasteiger partial charge < -0.3 is 29.9 Å². The Morgan fingerprint density at radius 3 is 2.47 bits per heavy atom. The zero-order chi connectivity index (χ0) is 40.5. The normalized spacial score (nSPS) is 17.5. The highest BCUT2D eigenvalue weighted by atomic mass is 19.3. The van der Waals surface area contributed by atoms with E-state index in [9.17, 15) is 23.1 Å². The first-order valence-corrected chi connectivity index (χ1v) is 18.5.